The molecule has 2 aliphatic heterocycles. The molecule has 0 saturated carbocycles. The monoisotopic (exact) mass is 1620 g/mol. The predicted octanol–water partition coefficient (Wildman–Crippen LogP) is 24.7. The fraction of sp³-hybridized carbons (Fsp3) is 0.265. The van der Waals surface area contributed by atoms with Gasteiger partial charge in [-0.25, -0.2) is 4.57 Å². The Morgan fingerprint density at radius 2 is 0.756 bits per heavy atom. The number of imidazole rings is 1. The lowest BCUT2D eigenvalue weighted by atomic mass is 9.59. The van der Waals surface area contributed by atoms with Gasteiger partial charge >= 0.3 is 0 Å². The van der Waals surface area contributed by atoms with E-state index in [1.807, 2.05) is 0 Å². The lowest BCUT2D eigenvalue weighted by Gasteiger charge is -2.46. The van der Waals surface area contributed by atoms with Crippen molar-refractivity contribution in [2.45, 2.75) is 165 Å². The summed E-state index contributed by atoms with van der Waals surface area (Å²) in [6.45, 7) is 43.7. The van der Waals surface area contributed by atoms with Gasteiger partial charge in [0.15, 0.2) is 28.2 Å². The van der Waals surface area contributed by atoms with Crippen LogP contribution in [0.5, 0.6) is 0 Å². The van der Waals surface area contributed by atoms with Gasteiger partial charge in [-0.3, -0.25) is 0 Å². The van der Waals surface area contributed by atoms with Gasteiger partial charge in [0, 0.05) is 43.9 Å². The SMILES string of the molecule is Cc1cc(C)cc(-c2c(-c3ccccc3)c3n([n+]2C)-c2c(C)cccc2C(C)(C)C3(C)C)c1.Cc1cccc2c1-n1c(c(-c3ccccc3)c[n+]1C)C(C)(C)C2(C)C.Cc1ccccc1-c1n(-c2c(C(C)C)cccc2C(C)C)cc[n+]1C.Cc1ccccc1-n1c2ccccc2c(-c2ccccc2)[n+]1C.Cc1ccccc1-n1c2ccccc2c[n+]1C. The first kappa shape index (κ1) is 85.2. The van der Waals surface area contributed by atoms with E-state index in [4.69, 9.17) is 0 Å². The highest BCUT2D eigenvalue weighted by Crippen LogP contribution is 2.56. The van der Waals surface area contributed by atoms with Crippen molar-refractivity contribution in [3.63, 3.8) is 0 Å². The topological polar surface area (TPSA) is 44.0 Å². The quantitative estimate of drug-likeness (QED) is 0.123. The average molecular weight is 1620 g/mol. The summed E-state index contributed by atoms with van der Waals surface area (Å²) in [5, 5.41) is 2.53. The minimum atomic E-state index is -0.0894. The molecule has 0 atom stereocenters. The van der Waals surface area contributed by atoms with E-state index < -0.39 is 0 Å². The van der Waals surface area contributed by atoms with Gasteiger partial charge in [0.1, 0.15) is 63.3 Å². The Hall–Kier alpha value is -12.8. The van der Waals surface area contributed by atoms with Crippen LogP contribution in [0.25, 0.3) is 106 Å². The molecule has 0 bridgehead atoms. The Morgan fingerprint density at radius 1 is 0.317 bits per heavy atom. The molecule has 0 amide bonds. The van der Waals surface area contributed by atoms with Crippen LogP contribution in [-0.4, -0.2) is 23.3 Å². The molecule has 10 heteroatoms. The second-order valence-electron chi connectivity index (χ2n) is 37.0. The van der Waals surface area contributed by atoms with Gasteiger partial charge in [0.05, 0.1) is 34.5 Å². The van der Waals surface area contributed by atoms with Gasteiger partial charge in [-0.05, 0) is 177 Å². The number of nitrogens with zero attached hydrogens (tertiary/aromatic N) is 10. The van der Waals surface area contributed by atoms with E-state index in [-0.39, 0.29) is 21.7 Å². The van der Waals surface area contributed by atoms with Crippen LogP contribution in [0.4, 0.5) is 0 Å². The molecule has 12 aromatic carbocycles. The highest BCUT2D eigenvalue weighted by molar-refractivity contribution is 5.92. The van der Waals surface area contributed by atoms with Crippen LogP contribution in [0.1, 0.15) is 168 Å². The molecule has 123 heavy (non-hydrogen) atoms. The van der Waals surface area contributed by atoms with Crippen LogP contribution in [0.2, 0.25) is 0 Å². The van der Waals surface area contributed by atoms with E-state index in [1.165, 1.54) is 179 Å². The summed E-state index contributed by atoms with van der Waals surface area (Å²) < 4.78 is 23.1. The first-order valence-electron chi connectivity index (χ1n) is 43.9. The molecule has 5 aromatic heterocycles. The van der Waals surface area contributed by atoms with Crippen LogP contribution in [0.15, 0.2) is 310 Å². The van der Waals surface area contributed by atoms with Gasteiger partial charge in [0.25, 0.3) is 5.82 Å². The smallest absolute Gasteiger partial charge is 0.232 e. The molecule has 2 aliphatic rings. The van der Waals surface area contributed by atoms with Crippen LogP contribution < -0.4 is 23.3 Å². The van der Waals surface area contributed by atoms with Crippen molar-refractivity contribution in [3.05, 3.63) is 382 Å². The zero-order valence-corrected chi connectivity index (χ0v) is 77.1. The van der Waals surface area contributed by atoms with E-state index in [1.54, 1.807) is 0 Å². The number of para-hydroxylation sites is 7. The second-order valence-corrected chi connectivity index (χ2v) is 37.0. The largest absolute Gasteiger partial charge is 0.294 e. The lowest BCUT2D eigenvalue weighted by molar-refractivity contribution is -0.745. The Morgan fingerprint density at radius 3 is 1.31 bits per heavy atom. The summed E-state index contributed by atoms with van der Waals surface area (Å²) in [6, 6.07) is 102. The number of benzene rings is 12. The average Bonchev–Trinajstić information content (AvgIpc) is 1.57. The standard InChI is InChI=1S/C31H35N2.C23H27N2.C23H29N2.C21H19N2.C15H15N2/c1-20-17-21(2)19-24(18-20)28-26(23-14-10-9-11-15-23)29-31(6,7)30(4,5)25-16-12-13-22(3)27(25)33(29)32(28)8;1-16-11-10-14-19-20(16)25-21(23(4,5)22(19,2)3)18(15-24(25)6)17-12-8-7-9-13-17;1-16(2)19-12-9-13-20(17(3)4)22(19)25-15-14-24(6)23(25)21-11-8-7-10-18(21)5;1-16-10-6-8-14-19(16)23-20-15-9-7-13-18(20)21(22(23)2)17-11-4-3-5-12-17;1-12-7-3-5-9-14(12)17-15-10-6-4-8-13(15)11-16(17)2/h9-19H,1-8H3;7-15H,1-6H3;7-17H,1-6H3;3-15H,1-2H3;3-11H,1-2H3/q5*+1. The highest BCUT2D eigenvalue weighted by Gasteiger charge is 2.54. The minimum absolute atomic E-state index is 0.000226. The van der Waals surface area contributed by atoms with Crippen LogP contribution in [0, 0.1) is 48.5 Å². The Balaban J connectivity index is 0.000000121. The molecule has 0 aliphatic carbocycles. The summed E-state index contributed by atoms with van der Waals surface area (Å²) in [5.74, 6) is 2.19. The van der Waals surface area contributed by atoms with E-state index in [0.717, 1.165) is 0 Å². The Bertz CT molecular complexity index is 6710. The molecule has 0 radical (unpaired) electrons. The lowest BCUT2D eigenvalue weighted by Crippen LogP contribution is -2.51. The number of rotatable bonds is 10. The van der Waals surface area contributed by atoms with Gasteiger partial charge in [-0.15, -0.1) is 37.5 Å². The van der Waals surface area contributed by atoms with Crippen LogP contribution in [-0.2, 0) is 56.9 Å². The first-order valence-corrected chi connectivity index (χ1v) is 43.9. The van der Waals surface area contributed by atoms with E-state index in [2.05, 4.69) is 523 Å². The van der Waals surface area contributed by atoms with Crippen LogP contribution in [0.3, 0.4) is 0 Å². The fourth-order valence-electron chi connectivity index (χ4n) is 19.5. The maximum atomic E-state index is 2.51. The fourth-order valence-corrected chi connectivity index (χ4v) is 19.5. The number of hydrogen-bond donors (Lipinski definition) is 0. The van der Waals surface area contributed by atoms with Crippen molar-refractivity contribution in [1.29, 1.82) is 0 Å². The van der Waals surface area contributed by atoms with Crippen molar-refractivity contribution in [1.82, 2.24) is 23.3 Å². The van der Waals surface area contributed by atoms with Crippen molar-refractivity contribution < 1.29 is 23.3 Å². The number of aromatic nitrogens is 10. The normalized spacial score (nSPS) is 13.6. The van der Waals surface area contributed by atoms with Gasteiger partial charge in [0.2, 0.25) is 23.8 Å². The maximum Gasteiger partial charge on any atom is 0.294 e. The zero-order chi connectivity index (χ0) is 87.5. The minimum Gasteiger partial charge on any atom is -0.232 e. The third-order valence-corrected chi connectivity index (χ3v) is 27.1. The number of hydrogen-bond acceptors (Lipinski definition) is 0. The molecule has 0 fully saturated rings. The van der Waals surface area contributed by atoms with Crippen molar-refractivity contribution in [2.75, 3.05) is 0 Å². The van der Waals surface area contributed by atoms with E-state index >= 15 is 0 Å². The summed E-state index contributed by atoms with van der Waals surface area (Å²) in [6.07, 6.45) is 8.80. The van der Waals surface area contributed by atoms with Gasteiger partial charge < -0.3 is 0 Å². The predicted molar refractivity (Wildman–Crippen MR) is 510 cm³/mol. The van der Waals surface area contributed by atoms with E-state index in [9.17, 15) is 0 Å². The molecule has 19 rings (SSSR count). The molecule has 622 valence electrons. The van der Waals surface area contributed by atoms with E-state index in [0.29, 0.717) is 11.8 Å². The maximum absolute atomic E-state index is 2.51. The summed E-state index contributed by atoms with van der Waals surface area (Å²) in [4.78, 5) is 0. The summed E-state index contributed by atoms with van der Waals surface area (Å²) in [5.41, 5.74) is 37.9. The van der Waals surface area contributed by atoms with Crippen molar-refractivity contribution >= 4 is 21.8 Å². The van der Waals surface area contributed by atoms with Crippen molar-refractivity contribution in [3.8, 4) is 84.6 Å². The number of fused-ring (bicyclic) bond motifs is 8. The molecule has 10 nitrogen and oxygen atoms in total. The highest BCUT2D eigenvalue weighted by atomic mass is 15.4. The molecule has 17 aromatic rings. The third-order valence-electron chi connectivity index (χ3n) is 27.1. The zero-order valence-electron chi connectivity index (χ0n) is 77.1. The molecule has 0 unspecified atom stereocenters. The van der Waals surface area contributed by atoms with Gasteiger partial charge in [-0.2, -0.15) is 4.57 Å². The first-order chi connectivity index (χ1) is 58.8. The van der Waals surface area contributed by atoms with Crippen LogP contribution >= 0.6 is 0 Å². The number of aryl methyl sites for hydroxylation is 10. The molecule has 0 spiro atoms. The Kier molecular flexibility index (Phi) is 23.5. The molecule has 0 N–H and O–H groups in total. The molecular formula is C113H125N10+5. The molecule has 7 heterocycles. The molecular weight excluding hydrogens is 1500 g/mol. The second kappa shape index (κ2) is 33.9. The summed E-state index contributed by atoms with van der Waals surface area (Å²) in [7, 11) is 10.7. The Labute approximate surface area is 731 Å². The molecule has 0 saturated heterocycles. The summed E-state index contributed by atoms with van der Waals surface area (Å²) >= 11 is 0. The third kappa shape index (κ3) is 15.2. The van der Waals surface area contributed by atoms with Crippen molar-refractivity contribution in [2.24, 2.45) is 35.2 Å². The van der Waals surface area contributed by atoms with Gasteiger partial charge in [-0.1, -0.05) is 313 Å².